The number of carbonyl (C=O) groups is 1. The van der Waals surface area contributed by atoms with E-state index >= 15 is 0 Å². The molecule has 0 unspecified atom stereocenters. The second-order valence-corrected chi connectivity index (χ2v) is 3.43. The van der Waals surface area contributed by atoms with Crippen LogP contribution in [0.3, 0.4) is 0 Å². The first-order chi connectivity index (χ1) is 6.09. The predicted molar refractivity (Wildman–Crippen MR) is 56.2 cm³/mol. The van der Waals surface area contributed by atoms with Crippen LogP contribution in [0.5, 0.6) is 0 Å². The quantitative estimate of drug-likeness (QED) is 0.689. The third-order valence-electron chi connectivity index (χ3n) is 1.45. The molecule has 0 saturated carbocycles. The van der Waals surface area contributed by atoms with E-state index < -0.39 is 0 Å². The van der Waals surface area contributed by atoms with Crippen LogP contribution in [0.2, 0.25) is 10.0 Å². The molecule has 13 heavy (non-hydrogen) atoms. The highest BCUT2D eigenvalue weighted by Crippen LogP contribution is 2.22. The van der Waals surface area contributed by atoms with E-state index in [0.717, 1.165) is 5.56 Å². The third kappa shape index (κ3) is 3.21. The molecule has 0 saturated heterocycles. The minimum absolute atomic E-state index is 0.00562. The van der Waals surface area contributed by atoms with Crippen molar-refractivity contribution in [2.75, 3.05) is 0 Å². The molecule has 1 rings (SSSR count). The van der Waals surface area contributed by atoms with Gasteiger partial charge >= 0.3 is 0 Å². The van der Waals surface area contributed by atoms with Crippen molar-refractivity contribution in [3.8, 4) is 0 Å². The predicted octanol–water partition coefficient (Wildman–Crippen LogP) is 3.60. The monoisotopic (exact) mass is 214 g/mol. The van der Waals surface area contributed by atoms with Gasteiger partial charge in [0, 0.05) is 0 Å². The maximum atomic E-state index is 10.6. The first-order valence-corrected chi connectivity index (χ1v) is 4.49. The Kier molecular flexibility index (Phi) is 3.52. The number of hydrogen-bond donors (Lipinski definition) is 0. The van der Waals surface area contributed by atoms with Gasteiger partial charge in [0.1, 0.15) is 0 Å². The van der Waals surface area contributed by atoms with Crippen molar-refractivity contribution in [1.82, 2.24) is 0 Å². The van der Waals surface area contributed by atoms with Gasteiger partial charge in [-0.15, -0.1) is 0 Å². The summed E-state index contributed by atoms with van der Waals surface area (Å²) in [5.74, 6) is 0.00562. The standard InChI is InChI=1S/C10H8Cl2O/c1-7(13)2-3-8-4-5-9(11)10(12)6-8/h2-6H,1H3/b3-2-. The summed E-state index contributed by atoms with van der Waals surface area (Å²) in [4.78, 5) is 10.6. The fraction of sp³-hybridized carbons (Fsp3) is 0.100. The summed E-state index contributed by atoms with van der Waals surface area (Å²) < 4.78 is 0. The van der Waals surface area contributed by atoms with Gasteiger partial charge in [-0.2, -0.15) is 0 Å². The minimum atomic E-state index is 0.00562. The summed E-state index contributed by atoms with van der Waals surface area (Å²) in [5.41, 5.74) is 0.865. The average molecular weight is 215 g/mol. The summed E-state index contributed by atoms with van der Waals surface area (Å²) in [6.45, 7) is 1.49. The smallest absolute Gasteiger partial charge is 0.152 e. The topological polar surface area (TPSA) is 17.1 Å². The van der Waals surface area contributed by atoms with E-state index in [2.05, 4.69) is 0 Å². The third-order valence-corrected chi connectivity index (χ3v) is 2.19. The lowest BCUT2D eigenvalue weighted by atomic mass is 10.2. The molecule has 0 aliphatic carbocycles. The fourth-order valence-corrected chi connectivity index (χ4v) is 1.14. The highest BCUT2D eigenvalue weighted by atomic mass is 35.5. The number of hydrogen-bond acceptors (Lipinski definition) is 1. The van der Waals surface area contributed by atoms with Crippen LogP contribution in [0.4, 0.5) is 0 Å². The maximum Gasteiger partial charge on any atom is 0.152 e. The Balaban J connectivity index is 2.92. The summed E-state index contributed by atoms with van der Waals surface area (Å²) in [7, 11) is 0. The first-order valence-electron chi connectivity index (χ1n) is 3.73. The van der Waals surface area contributed by atoms with Crippen molar-refractivity contribution in [2.45, 2.75) is 6.92 Å². The molecule has 0 bridgehead atoms. The highest BCUT2D eigenvalue weighted by molar-refractivity contribution is 6.42. The van der Waals surface area contributed by atoms with Gasteiger partial charge in [-0.1, -0.05) is 35.3 Å². The highest BCUT2D eigenvalue weighted by Gasteiger charge is 1.96. The lowest BCUT2D eigenvalue weighted by Crippen LogP contribution is -1.80. The molecule has 0 N–H and O–H groups in total. The van der Waals surface area contributed by atoms with Gasteiger partial charge in [-0.3, -0.25) is 4.79 Å². The molecule has 0 aliphatic heterocycles. The molecular weight excluding hydrogens is 207 g/mol. The van der Waals surface area contributed by atoms with Gasteiger partial charge in [-0.25, -0.2) is 0 Å². The molecule has 0 fully saturated rings. The normalized spacial score (nSPS) is 10.7. The van der Waals surface area contributed by atoms with Crippen molar-refractivity contribution in [1.29, 1.82) is 0 Å². The van der Waals surface area contributed by atoms with Crippen LogP contribution >= 0.6 is 23.2 Å². The zero-order chi connectivity index (χ0) is 9.84. The van der Waals surface area contributed by atoms with E-state index in [-0.39, 0.29) is 5.78 Å². The van der Waals surface area contributed by atoms with E-state index in [1.165, 1.54) is 13.0 Å². The zero-order valence-electron chi connectivity index (χ0n) is 7.05. The molecule has 0 radical (unpaired) electrons. The number of ketones is 1. The first kappa shape index (κ1) is 10.3. The summed E-state index contributed by atoms with van der Waals surface area (Å²) in [6.07, 6.45) is 3.18. The molecule has 0 aliphatic rings. The van der Waals surface area contributed by atoms with Crippen LogP contribution in [-0.4, -0.2) is 5.78 Å². The van der Waals surface area contributed by atoms with Crippen LogP contribution in [0.15, 0.2) is 24.3 Å². The number of carbonyl (C=O) groups excluding carboxylic acids is 1. The van der Waals surface area contributed by atoms with E-state index in [9.17, 15) is 4.79 Å². The average Bonchev–Trinajstić information content (AvgIpc) is 2.07. The van der Waals surface area contributed by atoms with Crippen molar-refractivity contribution < 1.29 is 4.79 Å². The Morgan fingerprint density at radius 2 is 2.00 bits per heavy atom. The summed E-state index contributed by atoms with van der Waals surface area (Å²) >= 11 is 11.5. The fourth-order valence-electron chi connectivity index (χ4n) is 0.830. The van der Waals surface area contributed by atoms with Crippen molar-refractivity contribution in [3.63, 3.8) is 0 Å². The zero-order valence-corrected chi connectivity index (χ0v) is 8.56. The van der Waals surface area contributed by atoms with E-state index in [4.69, 9.17) is 23.2 Å². The van der Waals surface area contributed by atoms with E-state index in [0.29, 0.717) is 10.0 Å². The second-order valence-electron chi connectivity index (χ2n) is 2.62. The van der Waals surface area contributed by atoms with Crippen LogP contribution in [0, 0.1) is 0 Å². The maximum absolute atomic E-state index is 10.6. The van der Waals surface area contributed by atoms with Gasteiger partial charge < -0.3 is 0 Å². The largest absolute Gasteiger partial charge is 0.295 e. The Labute approximate surface area is 87.0 Å². The van der Waals surface area contributed by atoms with E-state index in [1.807, 2.05) is 0 Å². The Morgan fingerprint density at radius 1 is 1.31 bits per heavy atom. The lowest BCUT2D eigenvalue weighted by molar-refractivity contribution is -0.112. The molecule has 0 spiro atoms. The summed E-state index contributed by atoms with van der Waals surface area (Å²) in [6, 6.07) is 5.21. The number of benzene rings is 1. The number of allylic oxidation sites excluding steroid dienone is 1. The van der Waals surface area contributed by atoms with Crippen LogP contribution in [0.25, 0.3) is 6.08 Å². The molecule has 1 aromatic carbocycles. The van der Waals surface area contributed by atoms with Crippen LogP contribution in [0.1, 0.15) is 12.5 Å². The number of rotatable bonds is 2. The molecule has 1 aromatic rings. The SMILES string of the molecule is CC(=O)/C=C\c1ccc(Cl)c(Cl)c1. The van der Waals surface area contributed by atoms with Gasteiger partial charge in [-0.05, 0) is 30.7 Å². The van der Waals surface area contributed by atoms with E-state index in [1.54, 1.807) is 24.3 Å². The molecule has 0 amide bonds. The molecule has 68 valence electrons. The van der Waals surface area contributed by atoms with Crippen LogP contribution in [-0.2, 0) is 4.79 Å². The van der Waals surface area contributed by atoms with Crippen molar-refractivity contribution in [2.24, 2.45) is 0 Å². The van der Waals surface area contributed by atoms with Gasteiger partial charge in [0.05, 0.1) is 10.0 Å². The molecule has 3 heteroatoms. The van der Waals surface area contributed by atoms with Gasteiger partial charge in [0.2, 0.25) is 0 Å². The van der Waals surface area contributed by atoms with Gasteiger partial charge in [0.25, 0.3) is 0 Å². The Hall–Kier alpha value is -0.790. The van der Waals surface area contributed by atoms with Gasteiger partial charge in [0.15, 0.2) is 5.78 Å². The summed E-state index contributed by atoms with van der Waals surface area (Å²) in [5, 5.41) is 1.01. The van der Waals surface area contributed by atoms with Crippen molar-refractivity contribution >= 4 is 35.1 Å². The molecule has 0 aromatic heterocycles. The molecule has 1 nitrogen and oxygen atoms in total. The molecular formula is C10H8Cl2O. The Bertz CT molecular complexity index is 356. The molecule has 0 atom stereocenters. The minimum Gasteiger partial charge on any atom is -0.295 e. The van der Waals surface area contributed by atoms with Crippen LogP contribution < -0.4 is 0 Å². The van der Waals surface area contributed by atoms with Crippen molar-refractivity contribution in [3.05, 3.63) is 39.9 Å². The Morgan fingerprint density at radius 3 is 2.54 bits per heavy atom. The number of halogens is 2. The lowest BCUT2D eigenvalue weighted by Gasteiger charge is -1.96. The second kappa shape index (κ2) is 4.45. The molecule has 0 heterocycles.